The van der Waals surface area contributed by atoms with E-state index in [0.29, 0.717) is 18.1 Å². The Morgan fingerprint density at radius 3 is 2.80 bits per heavy atom. The van der Waals surface area contributed by atoms with Crippen LogP contribution in [0, 0.1) is 6.92 Å². The molecule has 0 bridgehead atoms. The van der Waals surface area contributed by atoms with E-state index in [0.717, 1.165) is 42.7 Å². The fourth-order valence-corrected chi connectivity index (χ4v) is 2.93. The molecule has 1 aliphatic heterocycles. The van der Waals surface area contributed by atoms with Gasteiger partial charge in [-0.15, -0.1) is 0 Å². The molecular weight excluding hydrogens is 316 g/mol. The van der Waals surface area contributed by atoms with Crippen LogP contribution >= 0.6 is 0 Å². The molecule has 2 heterocycles. The third kappa shape index (κ3) is 4.33. The third-order valence-electron chi connectivity index (χ3n) is 4.40. The topological polar surface area (TPSA) is 76.1 Å². The van der Waals surface area contributed by atoms with Crippen LogP contribution in [0.3, 0.4) is 0 Å². The van der Waals surface area contributed by atoms with Crippen LogP contribution < -0.4 is 10.6 Å². The lowest BCUT2D eigenvalue weighted by atomic mass is 10.1. The molecule has 3 rings (SSSR count). The minimum absolute atomic E-state index is 0.199. The standard InChI is InChI=1S/C19H24N4O2/c1-3-14-7-4-6-13(2)17(14)23-18(24)15-10-20-19(21-11-15)22-12-16-8-5-9-25-16/h4,6-7,10-11,16H,3,5,8-9,12H2,1-2H3,(H,23,24)(H,20,21,22). The van der Waals surface area contributed by atoms with Gasteiger partial charge in [0.05, 0.1) is 11.7 Å². The number of carbonyl (C=O) groups is 1. The van der Waals surface area contributed by atoms with E-state index in [2.05, 4.69) is 27.5 Å². The summed E-state index contributed by atoms with van der Waals surface area (Å²) in [4.78, 5) is 20.9. The average Bonchev–Trinajstić information content (AvgIpc) is 3.15. The molecule has 1 unspecified atom stereocenters. The first-order chi connectivity index (χ1) is 12.2. The number of aromatic nitrogens is 2. The molecule has 2 aromatic rings. The molecule has 6 heteroatoms. The van der Waals surface area contributed by atoms with E-state index in [1.165, 1.54) is 0 Å². The smallest absolute Gasteiger partial charge is 0.258 e. The first-order valence-corrected chi connectivity index (χ1v) is 8.74. The largest absolute Gasteiger partial charge is 0.376 e. The molecule has 1 saturated heterocycles. The van der Waals surface area contributed by atoms with Gasteiger partial charge in [-0.3, -0.25) is 4.79 Å². The molecule has 0 spiro atoms. The predicted octanol–water partition coefficient (Wildman–Crippen LogP) is 3.19. The molecule has 25 heavy (non-hydrogen) atoms. The van der Waals surface area contributed by atoms with Crippen LogP contribution in [0.15, 0.2) is 30.6 Å². The summed E-state index contributed by atoms with van der Waals surface area (Å²) in [6.45, 7) is 5.57. The maximum Gasteiger partial charge on any atom is 0.258 e. The highest BCUT2D eigenvalue weighted by atomic mass is 16.5. The van der Waals surface area contributed by atoms with Crippen molar-refractivity contribution in [2.45, 2.75) is 39.2 Å². The monoisotopic (exact) mass is 340 g/mol. The first kappa shape index (κ1) is 17.4. The van der Waals surface area contributed by atoms with Crippen molar-refractivity contribution in [2.75, 3.05) is 23.8 Å². The molecule has 1 aliphatic rings. The van der Waals surface area contributed by atoms with Gasteiger partial charge in [-0.25, -0.2) is 9.97 Å². The number of nitrogens with zero attached hydrogens (tertiary/aromatic N) is 2. The molecule has 1 aromatic carbocycles. The highest BCUT2D eigenvalue weighted by Gasteiger charge is 2.16. The van der Waals surface area contributed by atoms with Gasteiger partial charge < -0.3 is 15.4 Å². The van der Waals surface area contributed by atoms with E-state index in [9.17, 15) is 4.79 Å². The fourth-order valence-electron chi connectivity index (χ4n) is 2.93. The second-order valence-corrected chi connectivity index (χ2v) is 6.23. The van der Waals surface area contributed by atoms with Gasteiger partial charge in [0.1, 0.15) is 0 Å². The van der Waals surface area contributed by atoms with Gasteiger partial charge in [-0.1, -0.05) is 25.1 Å². The number of para-hydroxylation sites is 1. The SMILES string of the molecule is CCc1cccc(C)c1NC(=O)c1cnc(NCC2CCCO2)nc1. The summed E-state index contributed by atoms with van der Waals surface area (Å²) in [7, 11) is 0. The van der Waals surface area contributed by atoms with Crippen LogP contribution in [0.5, 0.6) is 0 Å². The van der Waals surface area contributed by atoms with Crippen molar-refractivity contribution in [1.29, 1.82) is 0 Å². The summed E-state index contributed by atoms with van der Waals surface area (Å²) in [5.74, 6) is 0.312. The number of aryl methyl sites for hydroxylation is 2. The minimum Gasteiger partial charge on any atom is -0.376 e. The van der Waals surface area contributed by atoms with Gasteiger partial charge in [0.25, 0.3) is 5.91 Å². The number of ether oxygens (including phenoxy) is 1. The van der Waals surface area contributed by atoms with Crippen LogP contribution in [-0.4, -0.2) is 35.1 Å². The third-order valence-corrected chi connectivity index (χ3v) is 4.40. The van der Waals surface area contributed by atoms with Crippen molar-refractivity contribution < 1.29 is 9.53 Å². The van der Waals surface area contributed by atoms with Crippen LogP contribution in [-0.2, 0) is 11.2 Å². The Morgan fingerprint density at radius 1 is 1.32 bits per heavy atom. The van der Waals surface area contributed by atoms with Crippen LogP contribution in [0.4, 0.5) is 11.6 Å². The number of hydrogen-bond donors (Lipinski definition) is 2. The fraction of sp³-hybridized carbons (Fsp3) is 0.421. The molecule has 0 aliphatic carbocycles. The summed E-state index contributed by atoms with van der Waals surface area (Å²) in [5.41, 5.74) is 3.47. The second kappa shape index (κ2) is 8.07. The zero-order valence-electron chi connectivity index (χ0n) is 14.7. The highest BCUT2D eigenvalue weighted by Crippen LogP contribution is 2.21. The lowest BCUT2D eigenvalue weighted by Gasteiger charge is -2.13. The number of rotatable bonds is 6. The Morgan fingerprint density at radius 2 is 2.12 bits per heavy atom. The maximum absolute atomic E-state index is 12.5. The van der Waals surface area contributed by atoms with Gasteiger partial charge in [0.2, 0.25) is 5.95 Å². The van der Waals surface area contributed by atoms with Crippen LogP contribution in [0.25, 0.3) is 0 Å². The van der Waals surface area contributed by atoms with E-state index in [1.807, 2.05) is 25.1 Å². The Kier molecular flexibility index (Phi) is 5.60. The van der Waals surface area contributed by atoms with Crippen molar-refractivity contribution in [3.05, 3.63) is 47.3 Å². The number of benzene rings is 1. The van der Waals surface area contributed by atoms with Gasteiger partial charge in [-0.2, -0.15) is 0 Å². The quantitative estimate of drug-likeness (QED) is 0.844. The lowest BCUT2D eigenvalue weighted by Crippen LogP contribution is -2.20. The van der Waals surface area contributed by atoms with Crippen molar-refractivity contribution in [3.8, 4) is 0 Å². The molecule has 1 atom stereocenters. The van der Waals surface area contributed by atoms with Crippen molar-refractivity contribution >= 4 is 17.5 Å². The van der Waals surface area contributed by atoms with Crippen molar-refractivity contribution in [1.82, 2.24) is 9.97 Å². The van der Waals surface area contributed by atoms with Gasteiger partial charge >= 0.3 is 0 Å². The van der Waals surface area contributed by atoms with E-state index < -0.39 is 0 Å². The van der Waals surface area contributed by atoms with Gasteiger partial charge in [0.15, 0.2) is 0 Å². The number of carbonyl (C=O) groups excluding carboxylic acids is 1. The molecule has 1 fully saturated rings. The van der Waals surface area contributed by atoms with Crippen molar-refractivity contribution in [2.24, 2.45) is 0 Å². The lowest BCUT2D eigenvalue weighted by molar-refractivity contribution is 0.102. The zero-order valence-corrected chi connectivity index (χ0v) is 14.7. The molecule has 0 radical (unpaired) electrons. The van der Waals surface area contributed by atoms with Crippen molar-refractivity contribution in [3.63, 3.8) is 0 Å². The van der Waals surface area contributed by atoms with E-state index in [4.69, 9.17) is 4.74 Å². The number of nitrogens with one attached hydrogen (secondary N) is 2. The molecule has 6 nitrogen and oxygen atoms in total. The van der Waals surface area contributed by atoms with E-state index >= 15 is 0 Å². The van der Waals surface area contributed by atoms with Crippen LogP contribution in [0.1, 0.15) is 41.3 Å². The van der Waals surface area contributed by atoms with Crippen LogP contribution in [0.2, 0.25) is 0 Å². The summed E-state index contributed by atoms with van der Waals surface area (Å²) in [6, 6.07) is 6.02. The Balaban J connectivity index is 1.62. The summed E-state index contributed by atoms with van der Waals surface area (Å²) >= 11 is 0. The van der Waals surface area contributed by atoms with Gasteiger partial charge in [0, 0.05) is 31.2 Å². The van der Waals surface area contributed by atoms with E-state index in [-0.39, 0.29) is 12.0 Å². The second-order valence-electron chi connectivity index (χ2n) is 6.23. The highest BCUT2D eigenvalue weighted by molar-refractivity contribution is 6.04. The molecule has 2 N–H and O–H groups in total. The molecule has 132 valence electrons. The minimum atomic E-state index is -0.199. The Bertz CT molecular complexity index is 725. The van der Waals surface area contributed by atoms with E-state index in [1.54, 1.807) is 12.4 Å². The summed E-state index contributed by atoms with van der Waals surface area (Å²) in [5, 5.41) is 6.13. The number of hydrogen-bond acceptors (Lipinski definition) is 5. The Hall–Kier alpha value is -2.47. The molecule has 1 aromatic heterocycles. The zero-order chi connectivity index (χ0) is 17.6. The predicted molar refractivity (Wildman–Crippen MR) is 98.0 cm³/mol. The maximum atomic E-state index is 12.5. The number of anilines is 2. The molecular formula is C19H24N4O2. The average molecular weight is 340 g/mol. The number of amides is 1. The molecule has 0 saturated carbocycles. The normalized spacial score (nSPS) is 16.6. The summed E-state index contributed by atoms with van der Waals surface area (Å²) < 4.78 is 5.55. The Labute approximate surface area is 148 Å². The van der Waals surface area contributed by atoms with Gasteiger partial charge in [-0.05, 0) is 37.3 Å². The summed E-state index contributed by atoms with van der Waals surface area (Å²) in [6.07, 6.45) is 6.34. The molecule has 1 amide bonds. The first-order valence-electron chi connectivity index (χ1n) is 8.74.